The van der Waals surface area contributed by atoms with Crippen LogP contribution in [0, 0.1) is 0 Å². The molecule has 2 N–H and O–H groups in total. The van der Waals surface area contributed by atoms with E-state index in [0.717, 1.165) is 36.0 Å². The van der Waals surface area contributed by atoms with E-state index in [1.807, 2.05) is 30.0 Å². The zero-order valence-corrected chi connectivity index (χ0v) is 13.5. The first kappa shape index (κ1) is 15.3. The highest BCUT2D eigenvalue weighted by molar-refractivity contribution is 9.10. The summed E-state index contributed by atoms with van der Waals surface area (Å²) in [6, 6.07) is 5.55. The van der Waals surface area contributed by atoms with E-state index in [1.54, 1.807) is 6.92 Å². The maximum atomic E-state index is 12.3. The van der Waals surface area contributed by atoms with Crippen molar-refractivity contribution >= 4 is 21.8 Å². The summed E-state index contributed by atoms with van der Waals surface area (Å²) in [4.78, 5) is 14.1. The Morgan fingerprint density at radius 2 is 2.00 bits per heavy atom. The van der Waals surface area contributed by atoms with Gasteiger partial charge in [-0.1, -0.05) is 15.9 Å². The molecule has 1 aromatic rings. The molecule has 1 heterocycles. The maximum Gasteiger partial charge on any atom is 0.263 e. The molecule has 1 unspecified atom stereocenters. The Kier molecular flexibility index (Phi) is 5.05. The van der Waals surface area contributed by atoms with Crippen LogP contribution in [0.1, 0.15) is 38.3 Å². The van der Waals surface area contributed by atoms with Gasteiger partial charge < -0.3 is 15.4 Å². The van der Waals surface area contributed by atoms with E-state index in [9.17, 15) is 4.79 Å². The standard InChI is InChI=1S/C15H21BrN2O2/c1-10(17)13-9-12(16)5-6-14(13)20-11(2)15(19)18-7-3-4-8-18/h5-6,9-11H,3-4,7-8,17H2,1-2H3/t10-,11?/m1/s1. The molecule has 1 saturated heterocycles. The fourth-order valence-corrected chi connectivity index (χ4v) is 2.80. The molecule has 1 aromatic carbocycles. The van der Waals surface area contributed by atoms with Gasteiger partial charge in [0.1, 0.15) is 5.75 Å². The molecular weight excluding hydrogens is 320 g/mol. The third-order valence-corrected chi connectivity index (χ3v) is 4.02. The lowest BCUT2D eigenvalue weighted by molar-refractivity contribution is -0.136. The third-order valence-electron chi connectivity index (χ3n) is 3.53. The van der Waals surface area contributed by atoms with Gasteiger partial charge in [0.15, 0.2) is 6.10 Å². The van der Waals surface area contributed by atoms with Gasteiger partial charge in [-0.2, -0.15) is 0 Å². The van der Waals surface area contributed by atoms with E-state index >= 15 is 0 Å². The summed E-state index contributed by atoms with van der Waals surface area (Å²) in [6.07, 6.45) is 1.69. The predicted octanol–water partition coefficient (Wildman–Crippen LogP) is 2.86. The molecule has 0 aliphatic carbocycles. The number of nitrogens with two attached hydrogens (primary N) is 1. The molecule has 0 spiro atoms. The van der Waals surface area contributed by atoms with Gasteiger partial charge in [0, 0.05) is 29.2 Å². The van der Waals surface area contributed by atoms with Crippen LogP contribution in [0.5, 0.6) is 5.75 Å². The number of carbonyl (C=O) groups is 1. The minimum Gasteiger partial charge on any atom is -0.481 e. The molecule has 1 aliphatic rings. The summed E-state index contributed by atoms with van der Waals surface area (Å²) in [5.41, 5.74) is 6.86. The number of hydrogen-bond donors (Lipinski definition) is 1. The molecule has 5 heteroatoms. The highest BCUT2D eigenvalue weighted by Gasteiger charge is 2.25. The predicted molar refractivity (Wildman–Crippen MR) is 82.6 cm³/mol. The van der Waals surface area contributed by atoms with Crippen molar-refractivity contribution in [2.45, 2.75) is 38.8 Å². The van der Waals surface area contributed by atoms with Crippen molar-refractivity contribution < 1.29 is 9.53 Å². The van der Waals surface area contributed by atoms with Crippen LogP contribution in [0.15, 0.2) is 22.7 Å². The minimum absolute atomic E-state index is 0.0565. The summed E-state index contributed by atoms with van der Waals surface area (Å²) in [5, 5.41) is 0. The van der Waals surface area contributed by atoms with E-state index in [-0.39, 0.29) is 11.9 Å². The molecule has 0 aromatic heterocycles. The van der Waals surface area contributed by atoms with Gasteiger partial charge >= 0.3 is 0 Å². The zero-order valence-electron chi connectivity index (χ0n) is 11.9. The van der Waals surface area contributed by atoms with Crippen LogP contribution < -0.4 is 10.5 Å². The molecule has 4 nitrogen and oxygen atoms in total. The average molecular weight is 341 g/mol. The number of carbonyl (C=O) groups excluding carboxylic acids is 1. The second kappa shape index (κ2) is 6.59. The number of nitrogens with zero attached hydrogens (tertiary/aromatic N) is 1. The van der Waals surface area contributed by atoms with Gasteiger partial charge in [-0.25, -0.2) is 0 Å². The van der Waals surface area contributed by atoms with Crippen molar-refractivity contribution in [1.82, 2.24) is 4.90 Å². The number of likely N-dealkylation sites (tertiary alicyclic amines) is 1. The lowest BCUT2D eigenvalue weighted by Gasteiger charge is -2.23. The molecule has 2 rings (SSSR count). The topological polar surface area (TPSA) is 55.6 Å². The lowest BCUT2D eigenvalue weighted by Crippen LogP contribution is -2.38. The molecule has 0 bridgehead atoms. The highest BCUT2D eigenvalue weighted by atomic mass is 79.9. The van der Waals surface area contributed by atoms with Crippen molar-refractivity contribution in [2.24, 2.45) is 5.73 Å². The van der Waals surface area contributed by atoms with Gasteiger partial charge in [0.25, 0.3) is 5.91 Å². The largest absolute Gasteiger partial charge is 0.481 e. The number of amides is 1. The molecule has 2 atom stereocenters. The van der Waals surface area contributed by atoms with Crippen LogP contribution in [-0.2, 0) is 4.79 Å². The van der Waals surface area contributed by atoms with Crippen LogP contribution in [-0.4, -0.2) is 30.0 Å². The molecular formula is C15H21BrN2O2. The Morgan fingerprint density at radius 3 is 2.60 bits per heavy atom. The van der Waals surface area contributed by atoms with E-state index < -0.39 is 6.10 Å². The third kappa shape index (κ3) is 3.52. The van der Waals surface area contributed by atoms with E-state index in [4.69, 9.17) is 10.5 Å². The van der Waals surface area contributed by atoms with Gasteiger partial charge in [-0.05, 0) is 44.9 Å². The Balaban J connectivity index is 2.10. The molecule has 1 fully saturated rings. The maximum absolute atomic E-state index is 12.3. The van der Waals surface area contributed by atoms with Crippen LogP contribution in [0.2, 0.25) is 0 Å². The Morgan fingerprint density at radius 1 is 1.35 bits per heavy atom. The summed E-state index contributed by atoms with van der Waals surface area (Å²) in [5.74, 6) is 0.740. The van der Waals surface area contributed by atoms with Gasteiger partial charge in [0.2, 0.25) is 0 Å². The fraction of sp³-hybridized carbons (Fsp3) is 0.533. The first-order valence-corrected chi connectivity index (χ1v) is 7.79. The van der Waals surface area contributed by atoms with Crippen LogP contribution in [0.25, 0.3) is 0 Å². The van der Waals surface area contributed by atoms with E-state index in [2.05, 4.69) is 15.9 Å². The van der Waals surface area contributed by atoms with Crippen molar-refractivity contribution in [2.75, 3.05) is 13.1 Å². The zero-order chi connectivity index (χ0) is 14.7. The van der Waals surface area contributed by atoms with E-state index in [1.165, 1.54) is 0 Å². The summed E-state index contributed by atoms with van der Waals surface area (Å²) in [6.45, 7) is 5.38. The fourth-order valence-electron chi connectivity index (χ4n) is 2.42. The second-order valence-electron chi connectivity index (χ2n) is 5.26. The number of rotatable bonds is 4. The van der Waals surface area contributed by atoms with Crippen molar-refractivity contribution in [3.63, 3.8) is 0 Å². The van der Waals surface area contributed by atoms with Crippen molar-refractivity contribution in [3.05, 3.63) is 28.2 Å². The molecule has 0 radical (unpaired) electrons. The first-order valence-electron chi connectivity index (χ1n) is 6.99. The van der Waals surface area contributed by atoms with Gasteiger partial charge in [-0.3, -0.25) is 4.79 Å². The van der Waals surface area contributed by atoms with Crippen LogP contribution >= 0.6 is 15.9 Å². The van der Waals surface area contributed by atoms with Crippen LogP contribution in [0.4, 0.5) is 0 Å². The quantitative estimate of drug-likeness (QED) is 0.916. The minimum atomic E-state index is -0.480. The molecule has 1 aliphatic heterocycles. The van der Waals surface area contributed by atoms with E-state index in [0.29, 0.717) is 5.75 Å². The number of benzene rings is 1. The summed E-state index contributed by atoms with van der Waals surface area (Å²) >= 11 is 3.43. The smallest absolute Gasteiger partial charge is 0.263 e. The average Bonchev–Trinajstić information content (AvgIpc) is 2.93. The van der Waals surface area contributed by atoms with Gasteiger partial charge in [0.05, 0.1) is 0 Å². The first-order chi connectivity index (χ1) is 9.49. The number of hydrogen-bond acceptors (Lipinski definition) is 3. The summed E-state index contributed by atoms with van der Waals surface area (Å²) < 4.78 is 6.80. The Hall–Kier alpha value is -1.07. The second-order valence-corrected chi connectivity index (χ2v) is 6.18. The normalized spacial score (nSPS) is 17.9. The Bertz CT molecular complexity index is 485. The SMILES string of the molecule is CC(Oc1ccc(Br)cc1[C@@H](C)N)C(=O)N1CCCC1. The van der Waals surface area contributed by atoms with Crippen molar-refractivity contribution in [3.8, 4) is 5.75 Å². The van der Waals surface area contributed by atoms with Crippen molar-refractivity contribution in [1.29, 1.82) is 0 Å². The monoisotopic (exact) mass is 340 g/mol. The molecule has 1 amide bonds. The molecule has 110 valence electrons. The Labute approximate surface area is 128 Å². The lowest BCUT2D eigenvalue weighted by atomic mass is 10.1. The molecule has 20 heavy (non-hydrogen) atoms. The number of halogens is 1. The highest BCUT2D eigenvalue weighted by Crippen LogP contribution is 2.28. The van der Waals surface area contributed by atoms with Crippen LogP contribution in [0.3, 0.4) is 0 Å². The molecule has 0 saturated carbocycles. The summed E-state index contributed by atoms with van der Waals surface area (Å²) in [7, 11) is 0. The number of ether oxygens (including phenoxy) is 1. The van der Waals surface area contributed by atoms with Gasteiger partial charge in [-0.15, -0.1) is 0 Å².